The van der Waals surface area contributed by atoms with Gasteiger partial charge in [-0.2, -0.15) is 0 Å². The van der Waals surface area contributed by atoms with Crippen LogP contribution in [0.5, 0.6) is 5.75 Å². The maximum absolute atomic E-state index is 11.8. The van der Waals surface area contributed by atoms with Gasteiger partial charge < -0.3 is 10.4 Å². The highest BCUT2D eigenvalue weighted by Gasteiger charge is 2.04. The van der Waals surface area contributed by atoms with Crippen molar-refractivity contribution in [3.63, 3.8) is 0 Å². The molecule has 2 aromatic carbocycles. The average molecular weight is 342 g/mol. The van der Waals surface area contributed by atoms with Crippen molar-refractivity contribution >= 4 is 46.6 Å². The van der Waals surface area contributed by atoms with Crippen molar-refractivity contribution in [1.82, 2.24) is 0 Å². The summed E-state index contributed by atoms with van der Waals surface area (Å²) in [6, 6.07) is 11.8. The third kappa shape index (κ3) is 5.16. The first-order valence-corrected chi connectivity index (χ1v) is 8.06. The van der Waals surface area contributed by atoms with E-state index in [1.165, 1.54) is 23.9 Å². The van der Waals surface area contributed by atoms with Gasteiger partial charge >= 0.3 is 0 Å². The molecule has 0 saturated heterocycles. The maximum atomic E-state index is 11.8. The van der Waals surface area contributed by atoms with Gasteiger partial charge in [-0.1, -0.05) is 29.3 Å². The lowest BCUT2D eigenvalue weighted by Crippen LogP contribution is -2.13. The van der Waals surface area contributed by atoms with E-state index in [0.29, 0.717) is 27.2 Å². The van der Waals surface area contributed by atoms with Gasteiger partial charge in [0.15, 0.2) is 0 Å². The fraction of sp³-hybridized carbons (Fsp3) is 0.133. The monoisotopic (exact) mass is 341 g/mol. The van der Waals surface area contributed by atoms with Gasteiger partial charge in [0.05, 0.1) is 15.8 Å². The van der Waals surface area contributed by atoms with Gasteiger partial charge in [-0.25, -0.2) is 0 Å². The van der Waals surface area contributed by atoms with E-state index < -0.39 is 0 Å². The molecule has 0 unspecified atom stereocenters. The Morgan fingerprint density at radius 1 is 1.10 bits per heavy atom. The predicted molar refractivity (Wildman–Crippen MR) is 89.4 cm³/mol. The Balaban J connectivity index is 1.78. The minimum atomic E-state index is -0.0919. The molecule has 2 rings (SSSR count). The van der Waals surface area contributed by atoms with Gasteiger partial charge in [-0.3, -0.25) is 4.79 Å². The molecule has 0 aliphatic heterocycles. The van der Waals surface area contributed by atoms with Gasteiger partial charge in [0, 0.05) is 11.4 Å². The Morgan fingerprint density at radius 2 is 1.81 bits per heavy atom. The summed E-state index contributed by atoms with van der Waals surface area (Å²) in [4.78, 5) is 11.8. The second-order valence-corrected chi connectivity index (χ2v) is 6.14. The van der Waals surface area contributed by atoms with Crippen molar-refractivity contribution in [2.45, 2.75) is 5.75 Å². The molecule has 21 heavy (non-hydrogen) atoms. The van der Waals surface area contributed by atoms with Gasteiger partial charge in [-0.05, 0) is 42.0 Å². The molecule has 1 amide bonds. The molecule has 0 radical (unpaired) electrons. The summed E-state index contributed by atoms with van der Waals surface area (Å²) < 4.78 is 0. The van der Waals surface area contributed by atoms with E-state index in [0.717, 1.165) is 5.56 Å². The molecule has 0 aromatic heterocycles. The van der Waals surface area contributed by atoms with Crippen LogP contribution in [0.1, 0.15) is 5.56 Å². The van der Waals surface area contributed by atoms with Crippen molar-refractivity contribution in [3.05, 3.63) is 58.1 Å². The highest BCUT2D eigenvalue weighted by Crippen LogP contribution is 2.24. The van der Waals surface area contributed by atoms with Crippen LogP contribution in [0.3, 0.4) is 0 Å². The van der Waals surface area contributed by atoms with Gasteiger partial charge in [0.25, 0.3) is 0 Å². The zero-order valence-electron chi connectivity index (χ0n) is 11.0. The lowest BCUT2D eigenvalue weighted by atomic mass is 10.2. The Labute approximate surface area is 137 Å². The number of carbonyl (C=O) groups is 1. The molecule has 0 saturated carbocycles. The average Bonchev–Trinajstić information content (AvgIpc) is 2.45. The van der Waals surface area contributed by atoms with Gasteiger partial charge in [0.1, 0.15) is 5.75 Å². The van der Waals surface area contributed by atoms with E-state index in [4.69, 9.17) is 28.3 Å². The van der Waals surface area contributed by atoms with Crippen molar-refractivity contribution in [2.24, 2.45) is 0 Å². The minimum absolute atomic E-state index is 0.0919. The number of nitrogens with one attached hydrogen (secondary N) is 1. The number of thioether (sulfide) groups is 1. The molecule has 2 aromatic rings. The van der Waals surface area contributed by atoms with Crippen molar-refractivity contribution in [3.8, 4) is 5.75 Å². The fourth-order valence-corrected chi connectivity index (χ4v) is 2.73. The summed E-state index contributed by atoms with van der Waals surface area (Å²) in [6.07, 6.45) is 0. The van der Waals surface area contributed by atoms with Gasteiger partial charge in [0.2, 0.25) is 5.91 Å². The highest BCUT2D eigenvalue weighted by atomic mass is 35.5. The van der Waals surface area contributed by atoms with E-state index in [1.807, 2.05) is 6.07 Å². The normalized spacial score (nSPS) is 10.4. The van der Waals surface area contributed by atoms with Crippen LogP contribution in [0.15, 0.2) is 42.5 Å². The van der Waals surface area contributed by atoms with Crippen molar-refractivity contribution in [1.29, 1.82) is 0 Å². The molecule has 110 valence electrons. The summed E-state index contributed by atoms with van der Waals surface area (Å²) in [6.45, 7) is 0. The Kier molecular flexibility index (Phi) is 5.79. The molecule has 2 N–H and O–H groups in total. The molecule has 0 aliphatic rings. The van der Waals surface area contributed by atoms with Crippen LogP contribution in [0.2, 0.25) is 10.0 Å². The molecule has 0 atom stereocenters. The SMILES string of the molecule is O=C(CSCc1ccc(Cl)c(Cl)c1)Nc1ccc(O)cc1. The first-order chi connectivity index (χ1) is 10.0. The zero-order chi connectivity index (χ0) is 15.2. The number of halogens is 2. The third-order valence-corrected chi connectivity index (χ3v) is 4.38. The number of aromatic hydroxyl groups is 1. The summed E-state index contributed by atoms with van der Waals surface area (Å²) in [5, 5.41) is 13.0. The second-order valence-electron chi connectivity index (χ2n) is 4.34. The summed E-state index contributed by atoms with van der Waals surface area (Å²) in [7, 11) is 0. The lowest BCUT2D eigenvalue weighted by Gasteiger charge is -2.06. The Bertz CT molecular complexity index is 632. The maximum Gasteiger partial charge on any atom is 0.234 e. The zero-order valence-corrected chi connectivity index (χ0v) is 13.3. The van der Waals surface area contributed by atoms with Gasteiger partial charge in [-0.15, -0.1) is 11.8 Å². The molecule has 0 heterocycles. The molecule has 0 fully saturated rings. The van der Waals surface area contributed by atoms with E-state index >= 15 is 0 Å². The second kappa shape index (κ2) is 7.59. The smallest absolute Gasteiger partial charge is 0.234 e. The highest BCUT2D eigenvalue weighted by molar-refractivity contribution is 7.99. The standard InChI is InChI=1S/C15H13Cl2NO2S/c16-13-6-1-10(7-14(13)17)8-21-9-15(20)18-11-2-4-12(19)5-3-11/h1-7,19H,8-9H2,(H,18,20). The van der Waals surface area contributed by atoms with E-state index in [-0.39, 0.29) is 11.7 Å². The molecule has 3 nitrogen and oxygen atoms in total. The van der Waals surface area contributed by atoms with Crippen LogP contribution in [0.4, 0.5) is 5.69 Å². The quantitative estimate of drug-likeness (QED) is 0.783. The number of amides is 1. The van der Waals surface area contributed by atoms with Crippen LogP contribution < -0.4 is 5.32 Å². The van der Waals surface area contributed by atoms with E-state index in [1.54, 1.807) is 24.3 Å². The Hall–Kier alpha value is -1.36. The number of anilines is 1. The van der Waals surface area contributed by atoms with Crippen LogP contribution >= 0.6 is 35.0 Å². The number of hydrogen-bond acceptors (Lipinski definition) is 3. The molecule has 0 spiro atoms. The van der Waals surface area contributed by atoms with Crippen LogP contribution in [-0.2, 0) is 10.5 Å². The minimum Gasteiger partial charge on any atom is -0.508 e. The largest absolute Gasteiger partial charge is 0.508 e. The summed E-state index contributed by atoms with van der Waals surface area (Å²) in [5.41, 5.74) is 1.68. The van der Waals surface area contributed by atoms with E-state index in [9.17, 15) is 4.79 Å². The number of rotatable bonds is 5. The topological polar surface area (TPSA) is 49.3 Å². The third-order valence-electron chi connectivity index (χ3n) is 2.64. The van der Waals surface area contributed by atoms with Crippen LogP contribution in [0, 0.1) is 0 Å². The molecule has 0 aliphatic carbocycles. The molecule has 0 bridgehead atoms. The Morgan fingerprint density at radius 3 is 2.48 bits per heavy atom. The number of hydrogen-bond donors (Lipinski definition) is 2. The molecular formula is C15H13Cl2NO2S. The van der Waals surface area contributed by atoms with Crippen LogP contribution in [0.25, 0.3) is 0 Å². The molecular weight excluding hydrogens is 329 g/mol. The summed E-state index contributed by atoms with van der Waals surface area (Å²) in [5.74, 6) is 1.09. The lowest BCUT2D eigenvalue weighted by molar-refractivity contribution is -0.113. The number of phenols is 1. The van der Waals surface area contributed by atoms with Crippen molar-refractivity contribution in [2.75, 3.05) is 11.1 Å². The molecule has 6 heteroatoms. The first-order valence-electron chi connectivity index (χ1n) is 6.15. The van der Waals surface area contributed by atoms with Crippen LogP contribution in [-0.4, -0.2) is 16.8 Å². The number of benzene rings is 2. The first kappa shape index (κ1) is 16.0. The summed E-state index contributed by atoms with van der Waals surface area (Å²) >= 11 is 13.3. The van der Waals surface area contributed by atoms with Crippen molar-refractivity contribution < 1.29 is 9.90 Å². The predicted octanol–water partition coefficient (Wildman–Crippen LogP) is 4.57. The number of phenolic OH excluding ortho intramolecular Hbond substituents is 1. The fourth-order valence-electron chi connectivity index (χ4n) is 1.63. The van der Waals surface area contributed by atoms with E-state index in [2.05, 4.69) is 5.32 Å². The number of carbonyl (C=O) groups excluding carboxylic acids is 1.